The minimum Gasteiger partial charge on any atom is -0.488 e. The molecule has 4 aliphatic rings. The standard InChI is InChI=1S/C52H76N2O12/c1-10-36-23-30(3)22-31(4)24-45(62-8)48-46(63-9)26-33(6)52(61,66-48)49(58)50(59)54-20-13-12-14-40(54)51(60)65-47(34(7)42(56)29-43(36)57)32(5)25-35-15-18-41(55)44(27-35)64-38-16-17-39-37(28-38)19-21-53(39)11-2/h16-17,19,21,23,25,28,31,33-36,40-42,44-48,55-56,61H,10-15,18,20,22,24,26-27,29H2,1-9H3/b30-23+,32-25?. The Kier molecular flexibility index (Phi) is 17.5. The highest BCUT2D eigenvalue weighted by atomic mass is 16.7. The molecule has 2 bridgehead atoms. The summed E-state index contributed by atoms with van der Waals surface area (Å²) in [4.78, 5) is 58.5. The van der Waals surface area contributed by atoms with E-state index in [0.717, 1.165) is 23.0 Å². The number of hydrogen-bond donors (Lipinski definition) is 3. The number of ether oxygens (including phenoxy) is 5. The van der Waals surface area contributed by atoms with Gasteiger partial charge < -0.3 is 48.5 Å². The number of hydrogen-bond acceptors (Lipinski definition) is 12. The van der Waals surface area contributed by atoms with Crippen molar-refractivity contribution in [2.45, 2.75) is 180 Å². The van der Waals surface area contributed by atoms with Crippen LogP contribution < -0.4 is 4.74 Å². The Bertz CT molecular complexity index is 2080. The summed E-state index contributed by atoms with van der Waals surface area (Å²) in [6.07, 6.45) is 5.15. The normalized spacial score (nSPS) is 37.1. The molecule has 3 N–H and O–H groups in total. The fourth-order valence-corrected chi connectivity index (χ4v) is 11.0. The third-order valence-electron chi connectivity index (χ3n) is 15.0. The van der Waals surface area contributed by atoms with Crippen molar-refractivity contribution in [2.24, 2.45) is 29.6 Å². The van der Waals surface area contributed by atoms with Gasteiger partial charge in [-0.1, -0.05) is 45.4 Å². The van der Waals surface area contributed by atoms with Gasteiger partial charge in [0.2, 0.25) is 5.79 Å². The predicted molar refractivity (Wildman–Crippen MR) is 249 cm³/mol. The molecule has 14 nitrogen and oxygen atoms in total. The van der Waals surface area contributed by atoms with Crippen molar-refractivity contribution in [3.63, 3.8) is 0 Å². The van der Waals surface area contributed by atoms with Gasteiger partial charge in [0.25, 0.3) is 11.7 Å². The lowest BCUT2D eigenvalue weighted by Gasteiger charge is -2.47. The molecule has 1 saturated carbocycles. The van der Waals surface area contributed by atoms with Gasteiger partial charge in [0.15, 0.2) is 0 Å². The number of Topliss-reactive ketones (excluding diaryl/α,β-unsaturated/α-hetero) is 2. The number of ketones is 2. The summed E-state index contributed by atoms with van der Waals surface area (Å²) in [5, 5.41) is 36.2. The first-order chi connectivity index (χ1) is 31.4. The molecule has 66 heavy (non-hydrogen) atoms. The fraction of sp³-hybridized carbons (Fsp3) is 0.692. The van der Waals surface area contributed by atoms with E-state index in [4.69, 9.17) is 23.7 Å². The van der Waals surface area contributed by atoms with Crippen LogP contribution in [0, 0.1) is 29.6 Å². The first kappa shape index (κ1) is 51.5. The molecule has 1 aromatic heterocycles. The van der Waals surface area contributed by atoms with Gasteiger partial charge >= 0.3 is 5.97 Å². The van der Waals surface area contributed by atoms with Gasteiger partial charge in [-0.25, -0.2) is 4.79 Å². The zero-order valence-electron chi connectivity index (χ0n) is 40.6. The van der Waals surface area contributed by atoms with Crippen LogP contribution in [0.3, 0.4) is 0 Å². The Morgan fingerprint density at radius 1 is 0.909 bits per heavy atom. The van der Waals surface area contributed by atoms with E-state index in [0.29, 0.717) is 62.7 Å². The van der Waals surface area contributed by atoms with E-state index in [9.17, 15) is 34.5 Å². The van der Waals surface area contributed by atoms with Crippen LogP contribution in [0.2, 0.25) is 0 Å². The van der Waals surface area contributed by atoms with Crippen molar-refractivity contribution in [2.75, 3.05) is 20.8 Å². The molecule has 2 aromatic rings. The van der Waals surface area contributed by atoms with Crippen LogP contribution in [0.4, 0.5) is 0 Å². The van der Waals surface area contributed by atoms with Crippen molar-refractivity contribution >= 4 is 34.3 Å². The molecular formula is C52H76N2O12. The van der Waals surface area contributed by atoms with E-state index in [2.05, 4.69) is 18.4 Å². The zero-order chi connectivity index (χ0) is 48.0. The third kappa shape index (κ3) is 11.5. The van der Waals surface area contributed by atoms with Gasteiger partial charge in [-0.15, -0.1) is 0 Å². The summed E-state index contributed by atoms with van der Waals surface area (Å²) in [7, 11) is 3.07. The Morgan fingerprint density at radius 2 is 1.64 bits per heavy atom. The number of esters is 1. The number of benzene rings is 1. The molecule has 14 atom stereocenters. The summed E-state index contributed by atoms with van der Waals surface area (Å²) in [5.74, 6) is -7.05. The summed E-state index contributed by atoms with van der Waals surface area (Å²) in [6.45, 7) is 14.2. The van der Waals surface area contributed by atoms with E-state index >= 15 is 0 Å². The van der Waals surface area contributed by atoms with E-state index < -0.39 is 90.0 Å². The Balaban J connectivity index is 1.32. The first-order valence-corrected chi connectivity index (χ1v) is 24.4. The quantitative estimate of drug-likeness (QED) is 0.142. The lowest BCUT2D eigenvalue weighted by atomic mass is 9.81. The molecule has 6 rings (SSSR count). The van der Waals surface area contributed by atoms with Crippen LogP contribution in [-0.4, -0.2) is 124 Å². The van der Waals surface area contributed by atoms with Gasteiger partial charge in [0.1, 0.15) is 35.9 Å². The zero-order valence-corrected chi connectivity index (χ0v) is 40.6. The van der Waals surface area contributed by atoms with E-state index in [1.165, 1.54) is 19.1 Å². The minimum atomic E-state index is -2.52. The topological polar surface area (TPSA) is 183 Å². The smallest absolute Gasteiger partial charge is 0.329 e. The molecule has 1 amide bonds. The van der Waals surface area contributed by atoms with Gasteiger partial charge in [0, 0.05) is 68.6 Å². The van der Waals surface area contributed by atoms with Gasteiger partial charge in [-0.05, 0) is 127 Å². The Morgan fingerprint density at radius 3 is 2.33 bits per heavy atom. The predicted octanol–water partition coefficient (Wildman–Crippen LogP) is 6.88. The summed E-state index contributed by atoms with van der Waals surface area (Å²) >= 11 is 0. The van der Waals surface area contributed by atoms with Crippen LogP contribution >= 0.6 is 0 Å². The summed E-state index contributed by atoms with van der Waals surface area (Å²) in [6, 6.07) is 6.81. The highest BCUT2D eigenvalue weighted by Crippen LogP contribution is 2.40. The number of aliphatic hydroxyl groups excluding tert-OH is 2. The van der Waals surface area contributed by atoms with Gasteiger partial charge in [-0.3, -0.25) is 14.4 Å². The second-order valence-corrected chi connectivity index (χ2v) is 19.9. The molecule has 366 valence electrons. The van der Waals surface area contributed by atoms with E-state index in [1.807, 2.05) is 63.4 Å². The average Bonchev–Trinajstić information content (AvgIpc) is 3.72. The number of methoxy groups -OCH3 is 2. The second kappa shape index (κ2) is 22.5. The number of cyclic esters (lactones) is 1. The maximum absolute atomic E-state index is 14.5. The van der Waals surface area contributed by atoms with Crippen molar-refractivity contribution in [3.8, 4) is 5.75 Å². The molecule has 1 aliphatic carbocycles. The monoisotopic (exact) mass is 921 g/mol. The second-order valence-electron chi connectivity index (χ2n) is 19.9. The third-order valence-corrected chi connectivity index (χ3v) is 15.0. The average molecular weight is 921 g/mol. The molecule has 1 aromatic carbocycles. The van der Waals surface area contributed by atoms with Crippen molar-refractivity contribution in [1.29, 1.82) is 0 Å². The van der Waals surface area contributed by atoms with Crippen LogP contribution in [0.15, 0.2) is 53.8 Å². The highest BCUT2D eigenvalue weighted by molar-refractivity contribution is 6.39. The number of carbonyl (C=O) groups excluding carboxylic acids is 4. The lowest BCUT2D eigenvalue weighted by molar-refractivity contribution is -0.302. The van der Waals surface area contributed by atoms with Crippen LogP contribution in [0.5, 0.6) is 5.75 Å². The number of amides is 1. The molecule has 3 fully saturated rings. The van der Waals surface area contributed by atoms with Crippen molar-refractivity contribution in [1.82, 2.24) is 9.47 Å². The molecule has 14 heteroatoms. The van der Waals surface area contributed by atoms with E-state index in [-0.39, 0.29) is 43.4 Å². The van der Waals surface area contributed by atoms with Crippen LogP contribution in [0.25, 0.3) is 10.9 Å². The molecule has 0 radical (unpaired) electrons. The number of allylic oxidation sites excluding steroid dienone is 3. The molecule has 4 heterocycles. The number of carbonyl (C=O) groups is 4. The molecule has 3 aliphatic heterocycles. The minimum absolute atomic E-state index is 0.0231. The molecular weight excluding hydrogens is 845 g/mol. The maximum Gasteiger partial charge on any atom is 0.329 e. The molecule has 2 saturated heterocycles. The number of aromatic nitrogens is 1. The Labute approximate surface area is 391 Å². The number of aryl methyl sites for hydroxylation is 1. The molecule has 14 unspecified atom stereocenters. The SMILES string of the molecule is CCC1/C=C(\C)CC(C)CC(OC)C2OC(O)(C(=O)C(=O)N3CCCCC3C(=O)OC(C(C)=CC3CCC(O)C(Oc4ccc5c(ccn5CC)c4)C3)C(C)C(O)CC1=O)C(C)CC2OC. The maximum atomic E-state index is 14.5. The number of aliphatic hydroxyl groups is 3. The number of nitrogens with zero attached hydrogens (tertiary/aromatic N) is 2. The Hall–Kier alpha value is -3.92. The largest absolute Gasteiger partial charge is 0.488 e. The number of rotatable bonds is 8. The highest BCUT2D eigenvalue weighted by Gasteiger charge is 2.56. The molecule has 0 spiro atoms. The van der Waals surface area contributed by atoms with Gasteiger partial charge in [0.05, 0.1) is 24.4 Å². The number of fused-ring (bicyclic) bond motifs is 4. The van der Waals surface area contributed by atoms with Crippen LogP contribution in [-0.2, 0) is 44.7 Å². The fourth-order valence-electron chi connectivity index (χ4n) is 11.0. The van der Waals surface area contributed by atoms with Crippen LogP contribution in [0.1, 0.15) is 119 Å². The van der Waals surface area contributed by atoms with Crippen molar-refractivity contribution < 1.29 is 58.2 Å². The lowest BCUT2D eigenvalue weighted by Crippen LogP contribution is -2.64. The van der Waals surface area contributed by atoms with Crippen molar-refractivity contribution in [3.05, 3.63) is 53.8 Å². The first-order valence-electron chi connectivity index (χ1n) is 24.4. The summed E-state index contributed by atoms with van der Waals surface area (Å²) in [5.41, 5.74) is 2.74. The summed E-state index contributed by atoms with van der Waals surface area (Å²) < 4.78 is 33.0. The van der Waals surface area contributed by atoms with E-state index in [1.54, 1.807) is 13.8 Å². The van der Waals surface area contributed by atoms with Gasteiger partial charge in [-0.2, -0.15) is 0 Å². The number of piperidine rings is 1.